The van der Waals surface area contributed by atoms with Gasteiger partial charge in [0.1, 0.15) is 5.75 Å². The van der Waals surface area contributed by atoms with Crippen LogP contribution in [0.3, 0.4) is 0 Å². The number of carbonyl (C=O) groups excluding carboxylic acids is 1. The van der Waals surface area contributed by atoms with Gasteiger partial charge < -0.3 is 15.7 Å². The van der Waals surface area contributed by atoms with Gasteiger partial charge in [-0.1, -0.05) is 15.9 Å². The number of amides is 2. The second-order valence-electron chi connectivity index (χ2n) is 4.04. The zero-order chi connectivity index (χ0) is 15.4. The van der Waals surface area contributed by atoms with Crippen molar-refractivity contribution in [3.8, 4) is 5.75 Å². The lowest BCUT2D eigenvalue weighted by molar-refractivity contribution is -0.384. The Labute approximate surface area is 127 Å². The summed E-state index contributed by atoms with van der Waals surface area (Å²) < 4.78 is 0.876. The molecule has 21 heavy (non-hydrogen) atoms. The molecule has 0 aliphatic rings. The van der Waals surface area contributed by atoms with Gasteiger partial charge in [0.05, 0.1) is 16.7 Å². The van der Waals surface area contributed by atoms with Gasteiger partial charge >= 0.3 is 6.03 Å². The van der Waals surface area contributed by atoms with E-state index in [-0.39, 0.29) is 17.1 Å². The Bertz CT molecular complexity index is 688. The lowest BCUT2D eigenvalue weighted by atomic mass is 10.2. The molecule has 2 aromatic rings. The summed E-state index contributed by atoms with van der Waals surface area (Å²) in [5.41, 5.74) is 0.388. The quantitative estimate of drug-likeness (QED) is 0.445. The molecule has 0 aromatic heterocycles. The van der Waals surface area contributed by atoms with Crippen molar-refractivity contribution in [2.24, 2.45) is 0 Å². The van der Waals surface area contributed by atoms with Crippen LogP contribution < -0.4 is 10.6 Å². The molecular formula is C13H10BrN3O4. The van der Waals surface area contributed by atoms with Crippen LogP contribution in [0.15, 0.2) is 46.9 Å². The van der Waals surface area contributed by atoms with E-state index in [1.165, 1.54) is 12.1 Å². The number of rotatable bonds is 3. The molecule has 2 rings (SSSR count). The van der Waals surface area contributed by atoms with Crippen molar-refractivity contribution in [1.29, 1.82) is 0 Å². The van der Waals surface area contributed by atoms with Crippen molar-refractivity contribution in [3.05, 3.63) is 57.1 Å². The standard InChI is InChI=1S/C13H10BrN3O4/c14-8-1-3-9(4-2-8)15-13(19)16-11-6-5-10(17(20)21)7-12(11)18/h1-7,18H,(H2,15,16,19). The van der Waals surface area contributed by atoms with Crippen molar-refractivity contribution in [2.45, 2.75) is 0 Å². The molecule has 0 aliphatic carbocycles. The highest BCUT2D eigenvalue weighted by Gasteiger charge is 2.12. The number of carbonyl (C=O) groups is 1. The second-order valence-corrected chi connectivity index (χ2v) is 4.96. The molecular weight excluding hydrogens is 342 g/mol. The summed E-state index contributed by atoms with van der Waals surface area (Å²) in [6.45, 7) is 0. The van der Waals surface area contributed by atoms with Crippen molar-refractivity contribution in [1.82, 2.24) is 0 Å². The first-order valence-electron chi connectivity index (χ1n) is 5.76. The number of nitro groups is 1. The van der Waals surface area contributed by atoms with Crippen molar-refractivity contribution < 1.29 is 14.8 Å². The fraction of sp³-hybridized carbons (Fsp3) is 0. The van der Waals surface area contributed by atoms with Gasteiger partial charge in [-0.2, -0.15) is 0 Å². The van der Waals surface area contributed by atoms with Gasteiger partial charge in [-0.3, -0.25) is 10.1 Å². The molecule has 0 bridgehead atoms. The van der Waals surface area contributed by atoms with E-state index in [0.29, 0.717) is 5.69 Å². The van der Waals surface area contributed by atoms with E-state index in [1.807, 2.05) is 0 Å². The maximum atomic E-state index is 11.8. The van der Waals surface area contributed by atoms with Crippen LogP contribution in [0.1, 0.15) is 0 Å². The van der Waals surface area contributed by atoms with Crippen molar-refractivity contribution in [3.63, 3.8) is 0 Å². The predicted molar refractivity (Wildman–Crippen MR) is 81.5 cm³/mol. The third-order valence-corrected chi connectivity index (χ3v) is 3.07. The summed E-state index contributed by atoms with van der Waals surface area (Å²) in [4.78, 5) is 21.7. The van der Waals surface area contributed by atoms with E-state index in [0.717, 1.165) is 10.5 Å². The molecule has 0 unspecified atom stereocenters. The van der Waals surface area contributed by atoms with Crippen molar-refractivity contribution >= 4 is 39.0 Å². The summed E-state index contributed by atoms with van der Waals surface area (Å²) >= 11 is 3.28. The third kappa shape index (κ3) is 3.93. The number of phenolic OH excluding ortho intramolecular Hbond substituents is 1. The molecule has 108 valence electrons. The highest BCUT2D eigenvalue weighted by Crippen LogP contribution is 2.28. The fourth-order valence-electron chi connectivity index (χ4n) is 1.56. The average molecular weight is 352 g/mol. The number of urea groups is 1. The molecule has 2 aromatic carbocycles. The van der Waals surface area contributed by atoms with Crippen LogP contribution in [0.4, 0.5) is 21.9 Å². The number of anilines is 2. The van der Waals surface area contributed by atoms with E-state index >= 15 is 0 Å². The maximum Gasteiger partial charge on any atom is 0.323 e. The Morgan fingerprint density at radius 2 is 1.81 bits per heavy atom. The minimum Gasteiger partial charge on any atom is -0.506 e. The van der Waals surface area contributed by atoms with Gasteiger partial charge in [0.2, 0.25) is 0 Å². The van der Waals surface area contributed by atoms with Crippen LogP contribution in [0, 0.1) is 10.1 Å². The Balaban J connectivity index is 2.06. The van der Waals surface area contributed by atoms with Crippen molar-refractivity contribution in [2.75, 3.05) is 10.6 Å². The van der Waals surface area contributed by atoms with Gasteiger partial charge in [0.25, 0.3) is 5.69 Å². The van der Waals surface area contributed by atoms with Crippen LogP contribution >= 0.6 is 15.9 Å². The number of aromatic hydroxyl groups is 1. The molecule has 0 saturated carbocycles. The zero-order valence-corrected chi connectivity index (χ0v) is 12.1. The zero-order valence-electron chi connectivity index (χ0n) is 10.5. The minimum atomic E-state index is -0.634. The normalized spacial score (nSPS) is 9.95. The minimum absolute atomic E-state index is 0.0789. The topological polar surface area (TPSA) is 104 Å². The lowest BCUT2D eigenvalue weighted by Crippen LogP contribution is -2.19. The van der Waals surface area contributed by atoms with E-state index in [1.54, 1.807) is 24.3 Å². The number of hydrogen-bond donors (Lipinski definition) is 3. The molecule has 2 amide bonds. The van der Waals surface area contributed by atoms with Crippen LogP contribution in [0.5, 0.6) is 5.75 Å². The Morgan fingerprint density at radius 1 is 1.14 bits per heavy atom. The van der Waals surface area contributed by atoms with E-state index in [9.17, 15) is 20.0 Å². The van der Waals surface area contributed by atoms with E-state index in [4.69, 9.17) is 0 Å². The fourth-order valence-corrected chi connectivity index (χ4v) is 1.82. The molecule has 0 fully saturated rings. The molecule has 0 aliphatic heterocycles. The van der Waals surface area contributed by atoms with Crippen LogP contribution in [-0.4, -0.2) is 16.1 Å². The SMILES string of the molecule is O=C(Nc1ccc(Br)cc1)Nc1ccc([N+](=O)[O-])cc1O. The molecule has 0 spiro atoms. The number of nitrogens with one attached hydrogen (secondary N) is 2. The monoisotopic (exact) mass is 351 g/mol. The predicted octanol–water partition coefficient (Wildman–Crippen LogP) is 3.71. The van der Waals surface area contributed by atoms with Gasteiger partial charge in [-0.05, 0) is 30.3 Å². The van der Waals surface area contributed by atoms with Crippen LogP contribution in [0.25, 0.3) is 0 Å². The van der Waals surface area contributed by atoms with Crippen LogP contribution in [0.2, 0.25) is 0 Å². The van der Waals surface area contributed by atoms with Crippen LogP contribution in [-0.2, 0) is 0 Å². The number of hydrogen-bond acceptors (Lipinski definition) is 4. The number of phenols is 1. The van der Waals surface area contributed by atoms with E-state index < -0.39 is 11.0 Å². The van der Waals surface area contributed by atoms with Gasteiger partial charge in [-0.25, -0.2) is 4.79 Å². The highest BCUT2D eigenvalue weighted by molar-refractivity contribution is 9.10. The van der Waals surface area contributed by atoms with E-state index in [2.05, 4.69) is 26.6 Å². The summed E-state index contributed by atoms with van der Waals surface area (Å²) in [7, 11) is 0. The molecule has 0 radical (unpaired) electrons. The lowest BCUT2D eigenvalue weighted by Gasteiger charge is -2.09. The second kappa shape index (κ2) is 6.23. The number of nitrogens with zero attached hydrogens (tertiary/aromatic N) is 1. The Hall–Kier alpha value is -2.61. The third-order valence-electron chi connectivity index (χ3n) is 2.54. The Kier molecular flexibility index (Phi) is 4.39. The van der Waals surface area contributed by atoms with Gasteiger partial charge in [-0.15, -0.1) is 0 Å². The van der Waals surface area contributed by atoms with Gasteiger partial charge in [0.15, 0.2) is 0 Å². The molecule has 0 heterocycles. The number of nitro benzene ring substituents is 1. The number of non-ortho nitro benzene ring substituents is 1. The summed E-state index contributed by atoms with van der Waals surface area (Å²) in [6, 6.07) is 9.76. The first-order chi connectivity index (χ1) is 9.95. The first kappa shape index (κ1) is 14.8. The summed E-state index contributed by atoms with van der Waals surface area (Å²) in [5, 5.41) is 25.2. The Morgan fingerprint density at radius 3 is 2.38 bits per heavy atom. The summed E-state index contributed by atoms with van der Waals surface area (Å²) in [5.74, 6) is -0.379. The first-order valence-corrected chi connectivity index (χ1v) is 6.56. The smallest absolute Gasteiger partial charge is 0.323 e. The number of halogens is 1. The summed E-state index contributed by atoms with van der Waals surface area (Å²) in [6.07, 6.45) is 0. The van der Waals surface area contributed by atoms with Gasteiger partial charge in [0, 0.05) is 16.2 Å². The average Bonchev–Trinajstić information content (AvgIpc) is 2.43. The molecule has 7 nitrogen and oxygen atoms in total. The highest BCUT2D eigenvalue weighted by atomic mass is 79.9. The molecule has 0 atom stereocenters. The largest absolute Gasteiger partial charge is 0.506 e. The molecule has 8 heteroatoms. The molecule has 3 N–H and O–H groups in total. The maximum absolute atomic E-state index is 11.8. The number of benzene rings is 2. The molecule has 0 saturated heterocycles.